The zero-order chi connectivity index (χ0) is 14.8. The van der Waals surface area contributed by atoms with Crippen LogP contribution in [0.4, 0.5) is 11.4 Å². The monoisotopic (exact) mass is 364 g/mol. The second kappa shape index (κ2) is 5.99. The van der Waals surface area contributed by atoms with E-state index in [9.17, 15) is 9.59 Å². The molecule has 6 heteroatoms. The Morgan fingerprint density at radius 3 is 2.19 bits per heavy atom. The van der Waals surface area contributed by atoms with Gasteiger partial charge in [0.05, 0.1) is 0 Å². The Morgan fingerprint density at radius 1 is 1.05 bits per heavy atom. The van der Waals surface area contributed by atoms with Crippen molar-refractivity contribution in [2.45, 2.75) is 12.8 Å². The van der Waals surface area contributed by atoms with Crippen LogP contribution < -0.4 is 10.6 Å². The number of carbonyl (C=O) groups excluding carboxylic acids is 2. The van der Waals surface area contributed by atoms with Gasteiger partial charge >= 0.3 is 0 Å². The molecule has 2 aromatic rings. The third kappa shape index (κ3) is 3.51. The Balaban J connectivity index is 1.62. The lowest BCUT2D eigenvalue weighted by molar-refractivity contribution is -0.117. The Morgan fingerprint density at radius 2 is 1.67 bits per heavy atom. The van der Waals surface area contributed by atoms with E-state index in [1.54, 1.807) is 24.3 Å². The number of rotatable bonds is 4. The predicted molar refractivity (Wildman–Crippen MR) is 87.8 cm³/mol. The quantitative estimate of drug-likeness (QED) is 0.857. The van der Waals surface area contributed by atoms with E-state index in [0.29, 0.717) is 10.6 Å². The number of benzene rings is 1. The molecule has 1 aliphatic carbocycles. The molecule has 1 saturated carbocycles. The van der Waals surface area contributed by atoms with Gasteiger partial charge in [-0.15, -0.1) is 11.3 Å². The first kappa shape index (κ1) is 14.3. The molecule has 108 valence electrons. The zero-order valence-electron chi connectivity index (χ0n) is 11.1. The van der Waals surface area contributed by atoms with Gasteiger partial charge in [0, 0.05) is 21.8 Å². The summed E-state index contributed by atoms with van der Waals surface area (Å²) in [6, 6.07) is 8.98. The van der Waals surface area contributed by atoms with Crippen molar-refractivity contribution >= 4 is 50.5 Å². The Kier molecular flexibility index (Phi) is 4.07. The number of carbonyl (C=O) groups is 2. The molecule has 2 N–H and O–H groups in total. The van der Waals surface area contributed by atoms with Gasteiger partial charge < -0.3 is 10.6 Å². The Labute approximate surface area is 134 Å². The highest BCUT2D eigenvalue weighted by atomic mass is 79.9. The van der Waals surface area contributed by atoms with Gasteiger partial charge in [0.1, 0.15) is 4.88 Å². The van der Waals surface area contributed by atoms with Crippen LogP contribution in [0.5, 0.6) is 0 Å². The number of amides is 2. The molecule has 1 fully saturated rings. The van der Waals surface area contributed by atoms with Gasteiger partial charge in [0.2, 0.25) is 5.91 Å². The van der Waals surface area contributed by atoms with Gasteiger partial charge in [-0.05, 0) is 64.5 Å². The van der Waals surface area contributed by atoms with E-state index in [1.807, 2.05) is 11.4 Å². The summed E-state index contributed by atoms with van der Waals surface area (Å²) in [5, 5.41) is 7.55. The molecule has 1 aromatic heterocycles. The molecule has 0 saturated heterocycles. The van der Waals surface area contributed by atoms with Crippen molar-refractivity contribution in [2.24, 2.45) is 5.92 Å². The van der Waals surface area contributed by atoms with Crippen LogP contribution in [0.2, 0.25) is 0 Å². The van der Waals surface area contributed by atoms with E-state index >= 15 is 0 Å². The van der Waals surface area contributed by atoms with Gasteiger partial charge in [0.25, 0.3) is 5.91 Å². The number of halogens is 1. The molecule has 1 heterocycles. The number of hydrogen-bond donors (Lipinski definition) is 2. The SMILES string of the molecule is O=C(Nc1ccc(NC(=O)C2CC2)cc1)c1sccc1Br. The maximum atomic E-state index is 12.1. The zero-order valence-corrected chi connectivity index (χ0v) is 13.5. The smallest absolute Gasteiger partial charge is 0.266 e. The van der Waals surface area contributed by atoms with Crippen molar-refractivity contribution in [3.8, 4) is 0 Å². The van der Waals surface area contributed by atoms with Crippen molar-refractivity contribution in [3.05, 3.63) is 45.1 Å². The first-order valence-corrected chi connectivity index (χ1v) is 8.26. The fraction of sp³-hybridized carbons (Fsp3) is 0.200. The van der Waals surface area contributed by atoms with Crippen LogP contribution in [-0.2, 0) is 4.79 Å². The minimum Gasteiger partial charge on any atom is -0.326 e. The molecule has 0 bridgehead atoms. The summed E-state index contributed by atoms with van der Waals surface area (Å²) in [5.41, 5.74) is 1.45. The standard InChI is InChI=1S/C15H13BrN2O2S/c16-12-7-8-21-13(12)15(20)18-11-5-3-10(4-6-11)17-14(19)9-1-2-9/h3-9H,1-2H2,(H,17,19)(H,18,20). The third-order valence-electron chi connectivity index (χ3n) is 3.18. The van der Waals surface area contributed by atoms with E-state index in [1.165, 1.54) is 11.3 Å². The topological polar surface area (TPSA) is 58.2 Å². The van der Waals surface area contributed by atoms with Gasteiger partial charge in [0.15, 0.2) is 0 Å². The molecular weight excluding hydrogens is 352 g/mol. The Hall–Kier alpha value is -1.66. The lowest BCUT2D eigenvalue weighted by atomic mass is 10.2. The van der Waals surface area contributed by atoms with Crippen molar-refractivity contribution < 1.29 is 9.59 Å². The second-order valence-corrected chi connectivity index (χ2v) is 6.66. The molecule has 0 atom stereocenters. The van der Waals surface area contributed by atoms with Crippen molar-refractivity contribution in [3.63, 3.8) is 0 Å². The normalized spacial score (nSPS) is 13.8. The number of nitrogens with one attached hydrogen (secondary N) is 2. The molecule has 0 radical (unpaired) electrons. The summed E-state index contributed by atoms with van der Waals surface area (Å²) in [6.45, 7) is 0. The van der Waals surface area contributed by atoms with Gasteiger partial charge in [-0.1, -0.05) is 0 Å². The van der Waals surface area contributed by atoms with Crippen LogP contribution in [0, 0.1) is 5.92 Å². The molecule has 2 amide bonds. The third-order valence-corrected chi connectivity index (χ3v) is 5.02. The van der Waals surface area contributed by atoms with Gasteiger partial charge in [-0.25, -0.2) is 0 Å². The highest BCUT2D eigenvalue weighted by molar-refractivity contribution is 9.10. The lowest BCUT2D eigenvalue weighted by Gasteiger charge is -2.07. The summed E-state index contributed by atoms with van der Waals surface area (Å²) in [6.07, 6.45) is 1.96. The molecule has 21 heavy (non-hydrogen) atoms. The van der Waals surface area contributed by atoms with Gasteiger partial charge in [-0.2, -0.15) is 0 Å². The van der Waals surface area contributed by atoms with Crippen LogP contribution >= 0.6 is 27.3 Å². The van der Waals surface area contributed by atoms with E-state index in [4.69, 9.17) is 0 Å². The fourth-order valence-electron chi connectivity index (χ4n) is 1.87. The molecular formula is C15H13BrN2O2S. The summed E-state index contributed by atoms with van der Waals surface area (Å²) >= 11 is 4.72. The van der Waals surface area contributed by atoms with Gasteiger partial charge in [-0.3, -0.25) is 9.59 Å². The summed E-state index contributed by atoms with van der Waals surface area (Å²) in [7, 11) is 0. The molecule has 3 rings (SSSR count). The van der Waals surface area contributed by atoms with Crippen LogP contribution in [0.15, 0.2) is 40.2 Å². The summed E-state index contributed by atoms with van der Waals surface area (Å²) in [5.74, 6) is 0.113. The number of hydrogen-bond acceptors (Lipinski definition) is 3. The molecule has 1 aliphatic rings. The highest BCUT2D eigenvalue weighted by Crippen LogP contribution is 2.30. The van der Waals surface area contributed by atoms with Crippen molar-refractivity contribution in [1.29, 1.82) is 0 Å². The van der Waals surface area contributed by atoms with Crippen molar-refractivity contribution in [1.82, 2.24) is 0 Å². The maximum absolute atomic E-state index is 12.1. The fourth-order valence-corrected chi connectivity index (χ4v) is 3.32. The first-order chi connectivity index (χ1) is 10.1. The van der Waals surface area contributed by atoms with Crippen LogP contribution in [0.3, 0.4) is 0 Å². The molecule has 0 aliphatic heterocycles. The molecule has 4 nitrogen and oxygen atoms in total. The minimum atomic E-state index is -0.147. The first-order valence-electron chi connectivity index (χ1n) is 6.59. The van der Waals surface area contributed by atoms with E-state index in [2.05, 4.69) is 26.6 Å². The van der Waals surface area contributed by atoms with E-state index in [-0.39, 0.29) is 17.7 Å². The minimum absolute atomic E-state index is 0.0781. The van der Waals surface area contributed by atoms with Crippen LogP contribution in [-0.4, -0.2) is 11.8 Å². The summed E-state index contributed by atoms with van der Waals surface area (Å²) < 4.78 is 0.790. The number of anilines is 2. The Bertz CT molecular complexity index is 677. The average Bonchev–Trinajstić information content (AvgIpc) is 3.23. The average molecular weight is 365 g/mol. The van der Waals surface area contributed by atoms with E-state index < -0.39 is 0 Å². The molecule has 0 spiro atoms. The maximum Gasteiger partial charge on any atom is 0.266 e. The van der Waals surface area contributed by atoms with Crippen molar-refractivity contribution in [2.75, 3.05) is 10.6 Å². The molecule has 1 aromatic carbocycles. The summed E-state index contributed by atoms with van der Waals surface area (Å²) in [4.78, 5) is 24.3. The second-order valence-electron chi connectivity index (χ2n) is 4.89. The van der Waals surface area contributed by atoms with E-state index in [0.717, 1.165) is 23.0 Å². The predicted octanol–water partition coefficient (Wildman–Crippen LogP) is 4.11. The van der Waals surface area contributed by atoms with Crippen LogP contribution in [0.25, 0.3) is 0 Å². The largest absolute Gasteiger partial charge is 0.326 e. The van der Waals surface area contributed by atoms with Crippen LogP contribution in [0.1, 0.15) is 22.5 Å². The molecule has 0 unspecified atom stereocenters. The lowest BCUT2D eigenvalue weighted by Crippen LogP contribution is -2.13. The number of thiophene rings is 1. The highest BCUT2D eigenvalue weighted by Gasteiger charge is 2.29.